The maximum atomic E-state index is 11.9. The Hall–Kier alpha value is -1.18. The van der Waals surface area contributed by atoms with E-state index in [0.717, 1.165) is 0 Å². The zero-order valence-electron chi connectivity index (χ0n) is 10.9. The fourth-order valence-corrected chi connectivity index (χ4v) is 2.18. The Balaban J connectivity index is 2.80. The minimum atomic E-state index is -3.72. The van der Waals surface area contributed by atoms with Gasteiger partial charge in [-0.15, -0.1) is 0 Å². The Morgan fingerprint density at radius 1 is 1.39 bits per heavy atom. The number of nitrogens with zero attached hydrogens (tertiary/aromatic N) is 1. The van der Waals surface area contributed by atoms with Crippen molar-refractivity contribution in [1.29, 1.82) is 0 Å². The van der Waals surface area contributed by atoms with Crippen molar-refractivity contribution in [3.05, 3.63) is 17.9 Å². The summed E-state index contributed by atoms with van der Waals surface area (Å²) in [6, 6.07) is 2.58. The van der Waals surface area contributed by atoms with E-state index in [0.29, 0.717) is 6.29 Å². The molecule has 1 N–H and O–H groups in total. The molecule has 0 fully saturated rings. The lowest BCUT2D eigenvalue weighted by atomic mass is 10.1. The molecule has 0 bridgehead atoms. The highest BCUT2D eigenvalue weighted by Crippen LogP contribution is 2.14. The molecular formula is C11H18N2O4S. The van der Waals surface area contributed by atoms with Gasteiger partial charge in [-0.2, -0.15) is 0 Å². The number of carbonyl (C=O) groups is 1. The first kappa shape index (κ1) is 14.9. The highest BCUT2D eigenvalue weighted by atomic mass is 32.2. The topological polar surface area (TPSA) is 79.6 Å². The first-order valence-electron chi connectivity index (χ1n) is 5.41. The van der Waals surface area contributed by atoms with Gasteiger partial charge in [0.05, 0.1) is 0 Å². The molecule has 0 saturated heterocycles. The van der Waals surface area contributed by atoms with E-state index in [-0.39, 0.29) is 22.9 Å². The van der Waals surface area contributed by atoms with E-state index in [9.17, 15) is 13.2 Å². The third-order valence-electron chi connectivity index (χ3n) is 2.89. The number of sulfonamides is 1. The molecule has 18 heavy (non-hydrogen) atoms. The predicted molar refractivity (Wildman–Crippen MR) is 67.1 cm³/mol. The molecule has 0 unspecified atom stereocenters. The number of rotatable bonds is 6. The summed E-state index contributed by atoms with van der Waals surface area (Å²) in [5, 5.41) is -0.251. The smallest absolute Gasteiger partial charge is 0.274 e. The van der Waals surface area contributed by atoms with Crippen LogP contribution in [0.15, 0.2) is 21.6 Å². The number of furan rings is 1. The van der Waals surface area contributed by atoms with Crippen LogP contribution in [0.5, 0.6) is 0 Å². The molecule has 0 saturated carbocycles. The summed E-state index contributed by atoms with van der Waals surface area (Å²) < 4.78 is 31.1. The summed E-state index contributed by atoms with van der Waals surface area (Å²) in [5.41, 5.74) is -0.326. The van der Waals surface area contributed by atoms with Crippen LogP contribution in [0.4, 0.5) is 0 Å². The van der Waals surface area contributed by atoms with E-state index in [4.69, 9.17) is 4.42 Å². The predicted octanol–water partition coefficient (Wildman–Crippen LogP) is 0.711. The molecule has 1 rings (SSSR count). The normalized spacial score (nSPS) is 12.9. The summed E-state index contributed by atoms with van der Waals surface area (Å²) in [4.78, 5) is 12.3. The molecule has 0 aromatic carbocycles. The largest absolute Gasteiger partial charge is 0.440 e. The Morgan fingerprint density at radius 3 is 2.44 bits per heavy atom. The quantitative estimate of drug-likeness (QED) is 0.773. The van der Waals surface area contributed by atoms with Crippen molar-refractivity contribution in [2.24, 2.45) is 0 Å². The molecule has 0 aliphatic rings. The van der Waals surface area contributed by atoms with Crippen LogP contribution in [0, 0.1) is 0 Å². The molecule has 0 radical (unpaired) electrons. The molecule has 7 heteroatoms. The monoisotopic (exact) mass is 274 g/mol. The van der Waals surface area contributed by atoms with E-state index < -0.39 is 10.0 Å². The van der Waals surface area contributed by atoms with Gasteiger partial charge in [0.25, 0.3) is 10.0 Å². The Kier molecular flexibility index (Phi) is 4.31. The van der Waals surface area contributed by atoms with Crippen molar-refractivity contribution in [2.45, 2.75) is 24.5 Å². The van der Waals surface area contributed by atoms with Crippen LogP contribution in [-0.2, 0) is 10.0 Å². The molecular weight excluding hydrogens is 256 g/mol. The van der Waals surface area contributed by atoms with E-state index in [1.807, 2.05) is 32.8 Å². The zero-order chi connectivity index (χ0) is 14.0. The van der Waals surface area contributed by atoms with Gasteiger partial charge in [0.15, 0.2) is 12.0 Å². The summed E-state index contributed by atoms with van der Waals surface area (Å²) in [5.74, 6) is -0.0118. The van der Waals surface area contributed by atoms with Crippen LogP contribution in [-0.4, -0.2) is 45.8 Å². The highest BCUT2D eigenvalue weighted by Gasteiger charge is 2.25. The molecule has 0 amide bonds. The van der Waals surface area contributed by atoms with Gasteiger partial charge in [0.2, 0.25) is 5.09 Å². The number of hydrogen-bond acceptors (Lipinski definition) is 5. The van der Waals surface area contributed by atoms with E-state index in [1.165, 1.54) is 12.1 Å². The van der Waals surface area contributed by atoms with Gasteiger partial charge in [-0.05, 0) is 40.1 Å². The fourth-order valence-electron chi connectivity index (χ4n) is 1.04. The molecule has 0 spiro atoms. The molecule has 1 aromatic heterocycles. The fraction of sp³-hybridized carbons (Fsp3) is 0.545. The standard InChI is InChI=1S/C11H18N2O4S/c1-11(2,13(3)4)8-12-18(15,16)10-6-5-9(7-14)17-10/h5-7,12H,8H2,1-4H3. The summed E-state index contributed by atoms with van der Waals surface area (Å²) in [6.07, 6.45) is 0.461. The van der Waals surface area contributed by atoms with E-state index in [2.05, 4.69) is 4.72 Å². The van der Waals surface area contributed by atoms with E-state index >= 15 is 0 Å². The molecule has 0 aliphatic carbocycles. The Labute approximate surface area is 107 Å². The SMILES string of the molecule is CN(C)C(C)(C)CNS(=O)(=O)c1ccc(C=O)o1. The van der Waals surface area contributed by atoms with Crippen molar-refractivity contribution >= 4 is 16.3 Å². The van der Waals surface area contributed by atoms with E-state index in [1.54, 1.807) is 0 Å². The third kappa shape index (κ3) is 3.41. The maximum Gasteiger partial charge on any atom is 0.274 e. The van der Waals surface area contributed by atoms with Crippen molar-refractivity contribution in [1.82, 2.24) is 9.62 Å². The van der Waals surface area contributed by atoms with Crippen LogP contribution in [0.1, 0.15) is 24.4 Å². The molecule has 1 aromatic rings. The average Bonchev–Trinajstić information content (AvgIpc) is 2.75. The minimum Gasteiger partial charge on any atom is -0.440 e. The van der Waals surface area contributed by atoms with Crippen LogP contribution in [0.2, 0.25) is 0 Å². The van der Waals surface area contributed by atoms with Crippen LogP contribution in [0.3, 0.4) is 0 Å². The second-order valence-corrected chi connectivity index (χ2v) is 6.50. The van der Waals surface area contributed by atoms with Crippen LogP contribution in [0.25, 0.3) is 0 Å². The number of carbonyl (C=O) groups excluding carboxylic acids is 1. The van der Waals surface area contributed by atoms with Gasteiger partial charge in [0.1, 0.15) is 0 Å². The van der Waals surface area contributed by atoms with Gasteiger partial charge in [-0.1, -0.05) is 0 Å². The van der Waals surface area contributed by atoms with Crippen molar-refractivity contribution in [3.8, 4) is 0 Å². The lowest BCUT2D eigenvalue weighted by Crippen LogP contribution is -2.48. The Bertz CT molecular complexity index is 517. The highest BCUT2D eigenvalue weighted by molar-refractivity contribution is 7.89. The van der Waals surface area contributed by atoms with Gasteiger partial charge in [0, 0.05) is 12.1 Å². The Morgan fingerprint density at radius 2 is 2.00 bits per heavy atom. The molecule has 1 heterocycles. The zero-order valence-corrected chi connectivity index (χ0v) is 11.7. The molecule has 0 atom stereocenters. The first-order chi connectivity index (χ1) is 8.19. The maximum absolute atomic E-state index is 11.9. The molecule has 0 aliphatic heterocycles. The number of likely N-dealkylation sites (N-methyl/N-ethyl adjacent to an activating group) is 1. The second-order valence-electron chi connectivity index (χ2n) is 4.81. The van der Waals surface area contributed by atoms with Crippen molar-refractivity contribution in [3.63, 3.8) is 0 Å². The molecule has 6 nitrogen and oxygen atoms in total. The lowest BCUT2D eigenvalue weighted by Gasteiger charge is -2.32. The van der Waals surface area contributed by atoms with Crippen LogP contribution >= 0.6 is 0 Å². The van der Waals surface area contributed by atoms with Gasteiger partial charge >= 0.3 is 0 Å². The van der Waals surface area contributed by atoms with Gasteiger partial charge < -0.3 is 9.32 Å². The van der Waals surface area contributed by atoms with Gasteiger partial charge in [-0.25, -0.2) is 13.1 Å². The summed E-state index contributed by atoms with van der Waals surface area (Å²) in [6.45, 7) is 4.06. The minimum absolute atomic E-state index is 0.0118. The number of hydrogen-bond donors (Lipinski definition) is 1. The summed E-state index contributed by atoms with van der Waals surface area (Å²) >= 11 is 0. The third-order valence-corrected chi connectivity index (χ3v) is 4.16. The van der Waals surface area contributed by atoms with Crippen molar-refractivity contribution in [2.75, 3.05) is 20.6 Å². The molecule has 102 valence electrons. The summed E-state index contributed by atoms with van der Waals surface area (Å²) in [7, 11) is 0.0150. The van der Waals surface area contributed by atoms with Gasteiger partial charge in [-0.3, -0.25) is 4.79 Å². The van der Waals surface area contributed by atoms with Crippen molar-refractivity contribution < 1.29 is 17.6 Å². The first-order valence-corrected chi connectivity index (χ1v) is 6.89. The number of nitrogens with one attached hydrogen (secondary N) is 1. The average molecular weight is 274 g/mol. The lowest BCUT2D eigenvalue weighted by molar-refractivity contribution is 0.109. The van der Waals surface area contributed by atoms with Crippen LogP contribution < -0.4 is 4.72 Å². The second kappa shape index (κ2) is 5.21. The number of aldehydes is 1.